The van der Waals surface area contributed by atoms with Crippen LogP contribution >= 0.6 is 11.3 Å². The smallest absolute Gasteiger partial charge is 0.155 e. The molecule has 199 valence electrons. The number of aliphatic hydroxyl groups is 1. The maximum absolute atomic E-state index is 10.0. The van der Waals surface area contributed by atoms with Crippen LogP contribution in [0.4, 0.5) is 0 Å². The molecule has 7 heteroatoms. The topological polar surface area (TPSA) is 77.2 Å². The summed E-state index contributed by atoms with van der Waals surface area (Å²) in [5, 5.41) is 20.1. The van der Waals surface area contributed by atoms with Gasteiger partial charge in [0, 0.05) is 46.4 Å². The summed E-state index contributed by atoms with van der Waals surface area (Å²) >= 11 is 1.78. The van der Waals surface area contributed by atoms with E-state index < -0.39 is 0 Å². The first kappa shape index (κ1) is 28.2. The number of nitrogens with zero attached hydrogens (tertiary/aromatic N) is 3. The van der Waals surface area contributed by atoms with Crippen LogP contribution in [-0.2, 0) is 24.9 Å². The van der Waals surface area contributed by atoms with Crippen molar-refractivity contribution in [1.29, 1.82) is 0 Å². The Morgan fingerprint density at radius 3 is 2.50 bits per heavy atom. The molecule has 1 fully saturated rings. The fourth-order valence-electron chi connectivity index (χ4n) is 5.55. The second-order valence-electron chi connectivity index (χ2n) is 10.1. The molecule has 0 aliphatic heterocycles. The van der Waals surface area contributed by atoms with Gasteiger partial charge in [-0.3, -0.25) is 4.79 Å². The fourth-order valence-corrected chi connectivity index (χ4v) is 6.68. The van der Waals surface area contributed by atoms with Crippen LogP contribution in [0.2, 0.25) is 0 Å². The van der Waals surface area contributed by atoms with Crippen LogP contribution in [0.3, 0.4) is 0 Å². The van der Waals surface area contributed by atoms with E-state index in [2.05, 4.69) is 66.5 Å². The zero-order chi connectivity index (χ0) is 26.1. The molecular weight excluding hydrogens is 671 g/mol. The number of fused-ring (bicyclic) bond motifs is 4. The monoisotopic (exact) mass is 703 g/mol. The summed E-state index contributed by atoms with van der Waals surface area (Å²) in [6.45, 7) is 7.24. The quantitative estimate of drug-likeness (QED) is 0.151. The molecule has 1 radical (unpaired) electrons. The van der Waals surface area contributed by atoms with Gasteiger partial charge < -0.3 is 15.3 Å². The predicted octanol–water partition coefficient (Wildman–Crippen LogP) is 8.32. The molecule has 0 atom stereocenters. The number of carbonyl (C=O) groups excluding carboxylic acids is 1. The Hall–Kier alpha value is -2.86. The molecule has 2 aromatic carbocycles. The van der Waals surface area contributed by atoms with Crippen LogP contribution in [0.1, 0.15) is 68.6 Å². The van der Waals surface area contributed by atoms with Crippen molar-refractivity contribution in [1.82, 2.24) is 15.2 Å². The van der Waals surface area contributed by atoms with E-state index in [9.17, 15) is 4.79 Å². The Morgan fingerprint density at radius 2 is 1.82 bits per heavy atom. The molecular formula is C31H32IrN3O2S-. The molecule has 0 saturated heterocycles. The summed E-state index contributed by atoms with van der Waals surface area (Å²) in [6.07, 6.45) is 7.73. The number of carbonyl (C=O) groups is 1. The zero-order valence-corrected chi connectivity index (χ0v) is 25.4. The van der Waals surface area contributed by atoms with Crippen LogP contribution in [-0.4, -0.2) is 21.0 Å². The van der Waals surface area contributed by atoms with Crippen LogP contribution in [0, 0.1) is 13.8 Å². The second kappa shape index (κ2) is 11.9. The Kier molecular flexibility index (Phi) is 8.81. The number of aliphatic hydroxyl groups excluding tert-OH is 1. The number of rotatable bonds is 3. The molecule has 6 rings (SSSR count). The minimum Gasteiger partial charge on any atom is -0.572 e. The minimum atomic E-state index is -0.125. The van der Waals surface area contributed by atoms with Crippen LogP contribution in [0.15, 0.2) is 54.3 Å². The maximum atomic E-state index is 10.0. The van der Waals surface area contributed by atoms with E-state index in [0.717, 1.165) is 27.1 Å². The van der Waals surface area contributed by atoms with Gasteiger partial charge in [0.15, 0.2) is 5.78 Å². The zero-order valence-electron chi connectivity index (χ0n) is 22.2. The van der Waals surface area contributed by atoms with Gasteiger partial charge in [-0.2, -0.15) is 0 Å². The van der Waals surface area contributed by atoms with Crippen molar-refractivity contribution in [2.45, 2.75) is 65.7 Å². The molecule has 3 heterocycles. The fraction of sp³-hybridized carbons (Fsp3) is 0.323. The number of ketones is 1. The molecule has 3 aromatic heterocycles. The van der Waals surface area contributed by atoms with E-state index in [4.69, 9.17) is 10.1 Å². The molecule has 0 spiro atoms. The third-order valence-corrected chi connectivity index (χ3v) is 8.18. The standard InChI is InChI=1S/C26H24N3S.C5H8O2.Ir/c1-15-12-16(2)23-19(17-8-4-3-5-9-17)14-21(27-20(23)13-15)25-26-24(28-29-25)18-10-6-7-11-22(18)30-26;1-4(6)3-5(2)7;/h6-7,10-14,17H,3-5,8-9H2,1-2H3;3,6H,1-2H3;/q-1;;/b;4-3-;. The molecule has 0 unspecified atom stereocenters. The Morgan fingerprint density at radius 1 is 1.08 bits per heavy atom. The number of aryl methyl sites for hydroxylation is 2. The average molecular weight is 703 g/mol. The Bertz CT molecular complexity index is 1640. The van der Waals surface area contributed by atoms with Gasteiger partial charge in [-0.15, -0.1) is 11.3 Å². The number of benzene rings is 2. The third kappa shape index (κ3) is 5.75. The van der Waals surface area contributed by atoms with Crippen LogP contribution in [0.5, 0.6) is 0 Å². The SMILES string of the molecule is CC(=O)/C=C(/C)O.Cc1cc(C)c2c(C3CCCCC3)cc(-c3[n-]nc4c3sc3ccccc34)nc2c1.[Ir]. The number of thiophene rings is 1. The number of allylic oxidation sites excluding steroid dienone is 2. The van der Waals surface area contributed by atoms with Gasteiger partial charge in [0.05, 0.1) is 22.5 Å². The Balaban J connectivity index is 0.000000375. The van der Waals surface area contributed by atoms with E-state index in [1.54, 1.807) is 11.3 Å². The van der Waals surface area contributed by atoms with Gasteiger partial charge in [-0.1, -0.05) is 49.2 Å². The number of pyridine rings is 1. The molecule has 38 heavy (non-hydrogen) atoms. The van der Waals surface area contributed by atoms with Crippen molar-refractivity contribution in [2.75, 3.05) is 0 Å². The van der Waals surface area contributed by atoms with E-state index in [0.29, 0.717) is 5.92 Å². The predicted molar refractivity (Wildman–Crippen MR) is 154 cm³/mol. The second-order valence-corrected chi connectivity index (χ2v) is 11.2. The molecule has 1 aliphatic carbocycles. The first-order valence-corrected chi connectivity index (χ1v) is 13.7. The van der Waals surface area contributed by atoms with Crippen molar-refractivity contribution < 1.29 is 30.0 Å². The van der Waals surface area contributed by atoms with Crippen LogP contribution in [0.25, 0.3) is 42.6 Å². The van der Waals surface area contributed by atoms with Crippen molar-refractivity contribution in [2.24, 2.45) is 0 Å². The summed E-state index contributed by atoms with van der Waals surface area (Å²) in [5.74, 6) is 0.553. The molecule has 1 saturated carbocycles. The van der Waals surface area contributed by atoms with Crippen molar-refractivity contribution in [3.05, 3.63) is 71.0 Å². The van der Waals surface area contributed by atoms with Gasteiger partial charge in [-0.05, 0) is 81.3 Å². The first-order chi connectivity index (χ1) is 17.8. The summed E-state index contributed by atoms with van der Waals surface area (Å²) < 4.78 is 2.42. The summed E-state index contributed by atoms with van der Waals surface area (Å²) in [6, 6.07) is 15.3. The maximum Gasteiger partial charge on any atom is 0.155 e. The van der Waals surface area contributed by atoms with E-state index in [-0.39, 0.29) is 31.6 Å². The average Bonchev–Trinajstić information content (AvgIpc) is 3.42. The van der Waals surface area contributed by atoms with Gasteiger partial charge >= 0.3 is 0 Å². The Labute approximate surface area is 240 Å². The molecule has 0 amide bonds. The van der Waals surface area contributed by atoms with Crippen molar-refractivity contribution >= 4 is 48.3 Å². The normalized spacial score (nSPS) is 14.4. The van der Waals surface area contributed by atoms with Gasteiger partial charge in [0.25, 0.3) is 0 Å². The van der Waals surface area contributed by atoms with Crippen molar-refractivity contribution in [3.63, 3.8) is 0 Å². The molecule has 1 aliphatic rings. The van der Waals surface area contributed by atoms with Crippen LogP contribution < -0.4 is 5.10 Å². The summed E-state index contributed by atoms with van der Waals surface area (Å²) in [4.78, 5) is 15.1. The summed E-state index contributed by atoms with van der Waals surface area (Å²) in [5.41, 5.74) is 8.08. The van der Waals surface area contributed by atoms with E-state index in [1.807, 2.05) is 0 Å². The molecule has 5 aromatic rings. The third-order valence-electron chi connectivity index (χ3n) is 7.01. The number of hydrogen-bond donors (Lipinski definition) is 1. The van der Waals surface area contributed by atoms with Crippen molar-refractivity contribution in [3.8, 4) is 11.4 Å². The summed E-state index contributed by atoms with van der Waals surface area (Å²) in [7, 11) is 0. The molecule has 0 bridgehead atoms. The van der Waals surface area contributed by atoms with Gasteiger partial charge in [0.1, 0.15) is 0 Å². The number of hydrogen-bond acceptors (Lipinski definition) is 5. The largest absolute Gasteiger partial charge is 0.572 e. The minimum absolute atomic E-state index is 0. The molecule has 1 N–H and O–H groups in total. The van der Waals surface area contributed by atoms with E-state index >= 15 is 0 Å². The number of aromatic nitrogens is 3. The van der Waals surface area contributed by atoms with Gasteiger partial charge in [0.2, 0.25) is 0 Å². The first-order valence-electron chi connectivity index (χ1n) is 12.9. The molecule has 5 nitrogen and oxygen atoms in total. The van der Waals surface area contributed by atoms with E-state index in [1.165, 1.54) is 84.2 Å². The van der Waals surface area contributed by atoms with Gasteiger partial charge in [-0.25, -0.2) is 4.98 Å².